The van der Waals surface area contributed by atoms with Gasteiger partial charge in [-0.25, -0.2) is 4.98 Å². The molecule has 0 radical (unpaired) electrons. The van der Waals surface area contributed by atoms with E-state index in [9.17, 15) is 18.0 Å². The molecule has 2 atom stereocenters. The van der Waals surface area contributed by atoms with E-state index in [0.29, 0.717) is 49.4 Å². The van der Waals surface area contributed by atoms with Crippen LogP contribution in [0.1, 0.15) is 56.4 Å². The molecule has 0 spiro atoms. The molecule has 1 saturated heterocycles. The largest absolute Gasteiger partial charge is 0.573 e. The Labute approximate surface area is 219 Å². The highest BCUT2D eigenvalue weighted by atomic mass is 19.4. The summed E-state index contributed by atoms with van der Waals surface area (Å²) in [5.74, 6) is 0.780. The molecule has 1 saturated carbocycles. The number of amides is 1. The summed E-state index contributed by atoms with van der Waals surface area (Å²) in [6.45, 7) is 8.98. The molecule has 2 aliphatic rings. The number of anilines is 2. The van der Waals surface area contributed by atoms with Crippen LogP contribution < -0.4 is 10.1 Å². The zero-order valence-corrected chi connectivity index (χ0v) is 21.8. The van der Waals surface area contributed by atoms with Gasteiger partial charge in [-0.3, -0.25) is 4.79 Å². The van der Waals surface area contributed by atoms with Crippen molar-refractivity contribution >= 4 is 28.6 Å². The number of hydrogen-bond acceptors (Lipinski definition) is 5. The molecule has 3 aromatic rings. The Morgan fingerprint density at radius 1 is 1.11 bits per heavy atom. The standard InChI is InChI=1S/C28H33F3N4O3/c1-18-14-21(17-27(2,3)16-18)35-24-15-19(25(36)34-10-12-37-13-11-34)4-9-23(24)33-26(35)32-20-5-7-22(8-6-20)38-28(29,30)31/h4-9,15,18,21H,10-14,16-17H2,1-3H3,(H,32,33). The maximum absolute atomic E-state index is 13.2. The Morgan fingerprint density at radius 2 is 1.82 bits per heavy atom. The molecule has 1 N–H and O–H groups in total. The van der Waals surface area contributed by atoms with E-state index in [-0.39, 0.29) is 23.1 Å². The van der Waals surface area contributed by atoms with E-state index in [0.717, 1.165) is 30.3 Å². The van der Waals surface area contributed by atoms with Crippen LogP contribution in [0.3, 0.4) is 0 Å². The second-order valence-electron chi connectivity index (χ2n) is 11.2. The molecule has 1 aliphatic carbocycles. The summed E-state index contributed by atoms with van der Waals surface area (Å²) in [6.07, 6.45) is -1.72. The number of alkyl halides is 3. The third-order valence-electron chi connectivity index (χ3n) is 7.31. The number of aromatic nitrogens is 2. The van der Waals surface area contributed by atoms with Gasteiger partial charge in [-0.1, -0.05) is 20.8 Å². The van der Waals surface area contributed by atoms with Gasteiger partial charge in [0.15, 0.2) is 0 Å². The molecule has 1 aliphatic heterocycles. The zero-order valence-electron chi connectivity index (χ0n) is 21.8. The van der Waals surface area contributed by atoms with Gasteiger partial charge in [-0.15, -0.1) is 13.2 Å². The number of hydrogen-bond donors (Lipinski definition) is 1. The first kappa shape index (κ1) is 26.3. The smallest absolute Gasteiger partial charge is 0.406 e. The number of morpholine rings is 1. The lowest BCUT2D eigenvalue weighted by Crippen LogP contribution is -2.40. The van der Waals surface area contributed by atoms with Crippen LogP contribution in [0.5, 0.6) is 5.75 Å². The highest BCUT2D eigenvalue weighted by molar-refractivity contribution is 5.98. The van der Waals surface area contributed by atoms with E-state index < -0.39 is 6.36 Å². The summed E-state index contributed by atoms with van der Waals surface area (Å²) >= 11 is 0. The minimum atomic E-state index is -4.75. The van der Waals surface area contributed by atoms with Crippen LogP contribution in [0, 0.1) is 11.3 Å². The number of benzene rings is 2. The summed E-state index contributed by atoms with van der Waals surface area (Å²) in [4.78, 5) is 19.9. The topological polar surface area (TPSA) is 68.6 Å². The Kier molecular flexibility index (Phi) is 7.02. The van der Waals surface area contributed by atoms with Crippen molar-refractivity contribution in [2.45, 2.75) is 52.4 Å². The molecular weight excluding hydrogens is 497 g/mol. The molecule has 1 aromatic heterocycles. The first-order valence-corrected chi connectivity index (χ1v) is 13.0. The van der Waals surface area contributed by atoms with Crippen molar-refractivity contribution in [2.24, 2.45) is 11.3 Å². The van der Waals surface area contributed by atoms with Crippen LogP contribution in [-0.4, -0.2) is 53.0 Å². The molecule has 2 heterocycles. The van der Waals surface area contributed by atoms with E-state index in [4.69, 9.17) is 9.72 Å². The normalized spacial score (nSPS) is 21.9. The summed E-state index contributed by atoms with van der Waals surface area (Å²) in [5.41, 5.74) is 2.93. The first-order valence-electron chi connectivity index (χ1n) is 13.0. The molecule has 1 amide bonds. The minimum absolute atomic E-state index is 0.0324. The van der Waals surface area contributed by atoms with E-state index in [2.05, 4.69) is 35.4 Å². The fourth-order valence-electron chi connectivity index (χ4n) is 5.99. The third kappa shape index (κ3) is 5.90. The van der Waals surface area contributed by atoms with Crippen LogP contribution >= 0.6 is 0 Å². The lowest BCUT2D eigenvalue weighted by Gasteiger charge is -2.40. The fraction of sp³-hybridized carbons (Fsp3) is 0.500. The molecule has 5 rings (SSSR count). The number of fused-ring (bicyclic) bond motifs is 1. The molecule has 2 unspecified atom stereocenters. The maximum atomic E-state index is 13.2. The fourth-order valence-corrected chi connectivity index (χ4v) is 5.99. The number of imidazole rings is 1. The molecular formula is C28H33F3N4O3. The third-order valence-corrected chi connectivity index (χ3v) is 7.31. The number of nitrogens with one attached hydrogen (secondary N) is 1. The van der Waals surface area contributed by atoms with Gasteiger partial charge in [0.1, 0.15) is 5.75 Å². The predicted octanol–water partition coefficient (Wildman–Crippen LogP) is 6.54. The zero-order chi connectivity index (χ0) is 27.1. The van der Waals surface area contributed by atoms with Crippen molar-refractivity contribution in [3.63, 3.8) is 0 Å². The van der Waals surface area contributed by atoms with Crippen LogP contribution in [0.2, 0.25) is 0 Å². The highest BCUT2D eigenvalue weighted by Crippen LogP contribution is 2.46. The summed E-state index contributed by atoms with van der Waals surface area (Å²) < 4.78 is 49.3. The van der Waals surface area contributed by atoms with Crippen molar-refractivity contribution in [3.05, 3.63) is 48.0 Å². The average Bonchev–Trinajstić information content (AvgIpc) is 3.20. The van der Waals surface area contributed by atoms with E-state index >= 15 is 0 Å². The monoisotopic (exact) mass is 530 g/mol. The molecule has 0 bridgehead atoms. The van der Waals surface area contributed by atoms with Gasteiger partial charge in [-0.05, 0) is 73.1 Å². The van der Waals surface area contributed by atoms with Gasteiger partial charge in [-0.2, -0.15) is 0 Å². The van der Waals surface area contributed by atoms with Gasteiger partial charge >= 0.3 is 6.36 Å². The van der Waals surface area contributed by atoms with Crippen LogP contribution in [0.4, 0.5) is 24.8 Å². The van der Waals surface area contributed by atoms with Gasteiger partial charge in [0.05, 0.1) is 24.2 Å². The van der Waals surface area contributed by atoms with E-state index in [1.807, 2.05) is 12.1 Å². The second kappa shape index (κ2) is 10.1. The van der Waals surface area contributed by atoms with Crippen LogP contribution in [-0.2, 0) is 4.74 Å². The lowest BCUT2D eigenvalue weighted by atomic mass is 9.70. The summed E-state index contributed by atoms with van der Waals surface area (Å²) in [6, 6.07) is 11.3. The molecule has 204 valence electrons. The Bertz CT molecular complexity index is 1300. The lowest BCUT2D eigenvalue weighted by molar-refractivity contribution is -0.274. The van der Waals surface area contributed by atoms with Crippen LogP contribution in [0.15, 0.2) is 42.5 Å². The van der Waals surface area contributed by atoms with Crippen molar-refractivity contribution in [1.82, 2.24) is 14.5 Å². The van der Waals surface area contributed by atoms with E-state index in [1.54, 1.807) is 11.0 Å². The number of carbonyl (C=O) groups is 1. The summed E-state index contributed by atoms with van der Waals surface area (Å²) in [5, 5.41) is 3.31. The Hall–Kier alpha value is -3.27. The number of carbonyl (C=O) groups excluding carboxylic acids is 1. The highest BCUT2D eigenvalue weighted by Gasteiger charge is 2.35. The minimum Gasteiger partial charge on any atom is -0.406 e. The number of nitrogens with zero attached hydrogens (tertiary/aromatic N) is 3. The molecule has 2 fully saturated rings. The van der Waals surface area contributed by atoms with Gasteiger partial charge in [0, 0.05) is 30.4 Å². The molecule has 10 heteroatoms. The maximum Gasteiger partial charge on any atom is 0.573 e. The van der Waals surface area contributed by atoms with Crippen molar-refractivity contribution < 1.29 is 27.4 Å². The average molecular weight is 531 g/mol. The van der Waals surface area contributed by atoms with Crippen molar-refractivity contribution in [3.8, 4) is 5.75 Å². The number of rotatable bonds is 5. The number of halogens is 3. The summed E-state index contributed by atoms with van der Waals surface area (Å²) in [7, 11) is 0. The first-order chi connectivity index (χ1) is 18.0. The van der Waals surface area contributed by atoms with E-state index in [1.165, 1.54) is 24.3 Å². The molecule has 38 heavy (non-hydrogen) atoms. The van der Waals surface area contributed by atoms with Gasteiger partial charge < -0.3 is 24.3 Å². The van der Waals surface area contributed by atoms with Gasteiger partial charge in [0.25, 0.3) is 5.91 Å². The molecule has 2 aromatic carbocycles. The van der Waals surface area contributed by atoms with Crippen molar-refractivity contribution in [2.75, 3.05) is 31.6 Å². The predicted molar refractivity (Wildman–Crippen MR) is 139 cm³/mol. The second-order valence-corrected chi connectivity index (χ2v) is 11.2. The molecule has 7 nitrogen and oxygen atoms in total. The van der Waals surface area contributed by atoms with Crippen molar-refractivity contribution in [1.29, 1.82) is 0 Å². The number of ether oxygens (including phenoxy) is 2. The van der Waals surface area contributed by atoms with Gasteiger partial charge in [0.2, 0.25) is 5.95 Å². The SMILES string of the molecule is CC1CC(n2c(Nc3ccc(OC(F)(F)F)cc3)nc3ccc(C(=O)N4CCOCC4)cc32)CC(C)(C)C1. The quantitative estimate of drug-likeness (QED) is 0.406. The Balaban J connectivity index is 1.52. The van der Waals surface area contributed by atoms with Crippen LogP contribution in [0.25, 0.3) is 11.0 Å². The Morgan fingerprint density at radius 3 is 2.47 bits per heavy atom.